The van der Waals surface area contributed by atoms with Gasteiger partial charge in [0.25, 0.3) is 0 Å². The zero-order valence-corrected chi connectivity index (χ0v) is 17.4. The Morgan fingerprint density at radius 1 is 1.39 bits per heavy atom. The standard InChI is InChI=1S/C21H25FN4O5/c1-30-20-17-13(19(27)14(21(28)29)10-26(17)12-3-4-12)7-15(22)18(20)25-6-5-16(24-31-2)11(8-23)9-25/h7,10-12H,3-6,8-9,23H2,1-2H3,(H,28,29)/b24-16+. The fourth-order valence-electron chi connectivity index (χ4n) is 4.29. The molecule has 0 bridgehead atoms. The molecule has 1 unspecified atom stereocenters. The van der Waals surface area contributed by atoms with E-state index in [0.717, 1.165) is 24.6 Å². The first kappa shape index (κ1) is 21.1. The molecule has 10 heteroatoms. The minimum absolute atomic E-state index is 0.00100. The number of carboxylic acid groups (broad SMARTS) is 1. The van der Waals surface area contributed by atoms with Gasteiger partial charge in [0.1, 0.15) is 18.4 Å². The molecule has 1 aromatic heterocycles. The van der Waals surface area contributed by atoms with Gasteiger partial charge in [-0.05, 0) is 18.9 Å². The van der Waals surface area contributed by atoms with Gasteiger partial charge >= 0.3 is 5.97 Å². The number of anilines is 1. The average Bonchev–Trinajstić information content (AvgIpc) is 3.59. The van der Waals surface area contributed by atoms with E-state index >= 15 is 4.39 Å². The molecule has 0 radical (unpaired) electrons. The SMILES string of the molecule is CO/N=C1\CCN(c2c(F)cc3c(=O)c(C(=O)O)cn(C4CC4)c3c2OC)CC1CN. The number of piperidine rings is 1. The summed E-state index contributed by atoms with van der Waals surface area (Å²) < 4.78 is 22.8. The second-order valence-electron chi connectivity index (χ2n) is 7.85. The van der Waals surface area contributed by atoms with Crippen molar-refractivity contribution in [3.63, 3.8) is 0 Å². The smallest absolute Gasteiger partial charge is 0.341 e. The van der Waals surface area contributed by atoms with E-state index in [0.29, 0.717) is 31.6 Å². The number of pyridine rings is 1. The predicted molar refractivity (Wildman–Crippen MR) is 114 cm³/mol. The van der Waals surface area contributed by atoms with Gasteiger partial charge in [-0.2, -0.15) is 0 Å². The monoisotopic (exact) mass is 432 g/mol. The van der Waals surface area contributed by atoms with E-state index in [9.17, 15) is 14.7 Å². The molecule has 1 saturated carbocycles. The molecule has 3 N–H and O–H groups in total. The lowest BCUT2D eigenvalue weighted by atomic mass is 9.95. The number of hydrogen-bond donors (Lipinski definition) is 2. The third-order valence-electron chi connectivity index (χ3n) is 5.93. The van der Waals surface area contributed by atoms with Gasteiger partial charge in [-0.25, -0.2) is 9.18 Å². The van der Waals surface area contributed by atoms with Crippen molar-refractivity contribution in [3.8, 4) is 5.75 Å². The average molecular weight is 432 g/mol. The Morgan fingerprint density at radius 3 is 2.71 bits per heavy atom. The van der Waals surface area contributed by atoms with Crippen molar-refractivity contribution in [2.75, 3.05) is 38.8 Å². The van der Waals surface area contributed by atoms with E-state index < -0.39 is 17.2 Å². The van der Waals surface area contributed by atoms with Gasteiger partial charge in [0, 0.05) is 44.2 Å². The first-order chi connectivity index (χ1) is 14.9. The van der Waals surface area contributed by atoms with Crippen LogP contribution in [-0.2, 0) is 4.84 Å². The number of rotatable bonds is 6. The molecule has 0 spiro atoms. The van der Waals surface area contributed by atoms with Crippen LogP contribution in [0, 0.1) is 11.7 Å². The summed E-state index contributed by atoms with van der Waals surface area (Å²) in [7, 11) is 2.90. The lowest BCUT2D eigenvalue weighted by Crippen LogP contribution is -2.44. The molecule has 0 amide bonds. The topological polar surface area (TPSA) is 119 Å². The lowest BCUT2D eigenvalue weighted by Gasteiger charge is -2.35. The third-order valence-corrected chi connectivity index (χ3v) is 5.93. The van der Waals surface area contributed by atoms with Crippen LogP contribution in [0.2, 0.25) is 0 Å². The van der Waals surface area contributed by atoms with Crippen LogP contribution < -0.4 is 20.8 Å². The summed E-state index contributed by atoms with van der Waals surface area (Å²) in [5, 5.41) is 13.5. The number of ether oxygens (including phenoxy) is 1. The highest BCUT2D eigenvalue weighted by molar-refractivity contribution is 5.97. The van der Waals surface area contributed by atoms with Crippen LogP contribution >= 0.6 is 0 Å². The van der Waals surface area contributed by atoms with Gasteiger partial charge in [0.15, 0.2) is 11.6 Å². The molecule has 2 fully saturated rings. The number of carboxylic acids is 1. The number of hydrogen-bond acceptors (Lipinski definition) is 7. The van der Waals surface area contributed by atoms with Crippen LogP contribution in [0.25, 0.3) is 10.9 Å². The van der Waals surface area contributed by atoms with Crippen LogP contribution in [-0.4, -0.2) is 55.2 Å². The molecule has 1 aliphatic heterocycles. The Kier molecular flexibility index (Phi) is 5.57. The molecule has 1 aromatic carbocycles. The minimum Gasteiger partial charge on any atom is -0.492 e. The molecule has 2 heterocycles. The van der Waals surface area contributed by atoms with E-state index in [1.165, 1.54) is 20.4 Å². The number of methoxy groups -OCH3 is 1. The van der Waals surface area contributed by atoms with Crippen molar-refractivity contribution in [1.29, 1.82) is 0 Å². The third kappa shape index (κ3) is 3.60. The summed E-state index contributed by atoms with van der Waals surface area (Å²) >= 11 is 0. The Bertz CT molecular complexity index is 1130. The van der Waals surface area contributed by atoms with Crippen LogP contribution in [0.4, 0.5) is 10.1 Å². The second kappa shape index (κ2) is 8.18. The number of nitrogens with zero attached hydrogens (tertiary/aromatic N) is 3. The van der Waals surface area contributed by atoms with E-state index in [4.69, 9.17) is 15.3 Å². The number of nitrogens with two attached hydrogens (primary N) is 1. The van der Waals surface area contributed by atoms with Crippen molar-refractivity contribution >= 4 is 28.3 Å². The van der Waals surface area contributed by atoms with Gasteiger partial charge in [-0.1, -0.05) is 5.16 Å². The Hall–Kier alpha value is -3.14. The maximum Gasteiger partial charge on any atom is 0.341 e. The molecule has 4 rings (SSSR count). The van der Waals surface area contributed by atoms with E-state index in [1.807, 2.05) is 4.90 Å². The van der Waals surface area contributed by atoms with E-state index in [1.54, 1.807) is 4.57 Å². The number of fused-ring (bicyclic) bond motifs is 1. The molecular weight excluding hydrogens is 407 g/mol. The molecule has 2 aromatic rings. The number of oxime groups is 1. The largest absolute Gasteiger partial charge is 0.492 e. The highest BCUT2D eigenvalue weighted by atomic mass is 19.1. The maximum absolute atomic E-state index is 15.4. The predicted octanol–water partition coefficient (Wildman–Crippen LogP) is 1.97. The summed E-state index contributed by atoms with van der Waals surface area (Å²) in [5.41, 5.74) is 6.28. The Balaban J connectivity index is 1.92. The molecule has 31 heavy (non-hydrogen) atoms. The van der Waals surface area contributed by atoms with Crippen molar-refractivity contribution in [2.45, 2.75) is 25.3 Å². The van der Waals surface area contributed by atoms with Crippen LogP contribution in [0.3, 0.4) is 0 Å². The van der Waals surface area contributed by atoms with Crippen molar-refractivity contribution < 1.29 is 23.9 Å². The normalized spacial score (nSPS) is 20.3. The van der Waals surface area contributed by atoms with Crippen LogP contribution in [0.1, 0.15) is 35.7 Å². The second-order valence-corrected chi connectivity index (χ2v) is 7.85. The molecule has 1 atom stereocenters. The summed E-state index contributed by atoms with van der Waals surface area (Å²) in [5.74, 6) is -1.88. The molecule has 2 aliphatic rings. The van der Waals surface area contributed by atoms with Crippen molar-refractivity contribution in [1.82, 2.24) is 4.57 Å². The van der Waals surface area contributed by atoms with E-state index in [2.05, 4.69) is 5.16 Å². The van der Waals surface area contributed by atoms with Gasteiger partial charge in [0.2, 0.25) is 5.43 Å². The first-order valence-electron chi connectivity index (χ1n) is 10.1. The van der Waals surface area contributed by atoms with Crippen LogP contribution in [0.5, 0.6) is 5.75 Å². The summed E-state index contributed by atoms with van der Waals surface area (Å²) in [6.07, 6.45) is 3.59. The van der Waals surface area contributed by atoms with Gasteiger partial charge in [0.05, 0.1) is 23.7 Å². The number of aromatic nitrogens is 1. The lowest BCUT2D eigenvalue weighted by molar-refractivity contribution is 0.0695. The molecule has 166 valence electrons. The fourth-order valence-corrected chi connectivity index (χ4v) is 4.29. The van der Waals surface area contributed by atoms with Gasteiger partial charge in [-0.3, -0.25) is 4.79 Å². The van der Waals surface area contributed by atoms with Crippen molar-refractivity contribution in [3.05, 3.63) is 33.9 Å². The summed E-state index contributed by atoms with van der Waals surface area (Å²) in [6.45, 7) is 1.21. The number of carbonyl (C=O) groups is 1. The highest BCUT2D eigenvalue weighted by Gasteiger charge is 2.33. The fraction of sp³-hybridized carbons (Fsp3) is 0.476. The first-order valence-corrected chi connectivity index (χ1v) is 10.1. The highest BCUT2D eigenvalue weighted by Crippen LogP contribution is 2.44. The minimum atomic E-state index is -1.34. The number of halogens is 1. The number of benzene rings is 1. The zero-order chi connectivity index (χ0) is 22.3. The molecule has 1 saturated heterocycles. The van der Waals surface area contributed by atoms with Gasteiger partial charge < -0.3 is 29.9 Å². The summed E-state index contributed by atoms with van der Waals surface area (Å²) in [4.78, 5) is 31.1. The quantitative estimate of drug-likeness (QED) is 0.670. The zero-order valence-electron chi connectivity index (χ0n) is 17.4. The molecule has 1 aliphatic carbocycles. The number of aromatic carboxylic acids is 1. The molecule has 9 nitrogen and oxygen atoms in total. The van der Waals surface area contributed by atoms with Crippen molar-refractivity contribution in [2.24, 2.45) is 16.8 Å². The van der Waals surface area contributed by atoms with Gasteiger partial charge in [-0.15, -0.1) is 0 Å². The summed E-state index contributed by atoms with van der Waals surface area (Å²) in [6, 6.07) is 1.17. The molecular formula is C21H25FN4O5. The maximum atomic E-state index is 15.4. The Morgan fingerprint density at radius 2 is 2.13 bits per heavy atom. The van der Waals surface area contributed by atoms with E-state index in [-0.39, 0.29) is 34.3 Å². The van der Waals surface area contributed by atoms with Crippen LogP contribution in [0.15, 0.2) is 22.2 Å². The Labute approximate surface area is 177 Å².